The van der Waals surface area contributed by atoms with Crippen LogP contribution >= 0.6 is 0 Å². The van der Waals surface area contributed by atoms with Gasteiger partial charge in [0.05, 0.1) is 0 Å². The molecular formula is C39H36N2O2Si. The lowest BCUT2D eigenvalue weighted by atomic mass is 10.0. The molecule has 0 amide bonds. The third-order valence-electron chi connectivity index (χ3n) is 8.01. The topological polar surface area (TPSA) is 24.9 Å². The van der Waals surface area contributed by atoms with Gasteiger partial charge in [0.1, 0.15) is 0 Å². The van der Waals surface area contributed by atoms with Crippen LogP contribution in [0, 0.1) is 0 Å². The summed E-state index contributed by atoms with van der Waals surface area (Å²) in [5, 5.41) is 1.09. The Labute approximate surface area is 261 Å². The van der Waals surface area contributed by atoms with Gasteiger partial charge in [-0.1, -0.05) is 91.0 Å². The van der Waals surface area contributed by atoms with Gasteiger partial charge in [0.15, 0.2) is 0 Å². The molecule has 0 bridgehead atoms. The van der Waals surface area contributed by atoms with E-state index in [4.69, 9.17) is 8.85 Å². The first-order chi connectivity index (χ1) is 21.6. The summed E-state index contributed by atoms with van der Waals surface area (Å²) in [7, 11) is 1.01. The first kappa shape index (κ1) is 29.1. The fourth-order valence-corrected chi connectivity index (χ4v) is 6.92. The van der Waals surface area contributed by atoms with Crippen molar-refractivity contribution in [3.05, 3.63) is 164 Å². The van der Waals surface area contributed by atoms with Crippen LogP contribution in [0.4, 0.5) is 34.1 Å². The largest absolute Gasteiger partial charge is 0.394 e. The normalized spacial score (nSPS) is 11.2. The maximum Gasteiger partial charge on any atom is 0.368 e. The Morgan fingerprint density at radius 2 is 0.727 bits per heavy atom. The van der Waals surface area contributed by atoms with Gasteiger partial charge in [0.2, 0.25) is 0 Å². The molecule has 0 unspecified atom stereocenters. The molecule has 0 heterocycles. The van der Waals surface area contributed by atoms with Crippen LogP contribution in [0.25, 0.3) is 11.1 Å². The highest BCUT2D eigenvalue weighted by Gasteiger charge is 2.31. The number of anilines is 6. The van der Waals surface area contributed by atoms with Gasteiger partial charge in [-0.15, -0.1) is 0 Å². The minimum atomic E-state index is -2.43. The van der Waals surface area contributed by atoms with Crippen molar-refractivity contribution < 1.29 is 8.85 Å². The summed E-state index contributed by atoms with van der Waals surface area (Å²) < 4.78 is 11.6. The van der Waals surface area contributed by atoms with Crippen LogP contribution in [-0.2, 0) is 8.85 Å². The van der Waals surface area contributed by atoms with Crippen molar-refractivity contribution in [2.45, 2.75) is 6.55 Å². The van der Waals surface area contributed by atoms with Crippen molar-refractivity contribution in [2.24, 2.45) is 0 Å². The van der Waals surface area contributed by atoms with E-state index >= 15 is 0 Å². The van der Waals surface area contributed by atoms with Crippen LogP contribution in [0.1, 0.15) is 0 Å². The Hall–Kier alpha value is -4.94. The van der Waals surface area contributed by atoms with E-state index in [0.29, 0.717) is 0 Å². The highest BCUT2D eigenvalue weighted by atomic mass is 28.4. The smallest absolute Gasteiger partial charge is 0.368 e. The molecule has 0 aliphatic heterocycles. The van der Waals surface area contributed by atoms with Crippen LogP contribution in [0.5, 0.6) is 0 Å². The van der Waals surface area contributed by atoms with Crippen LogP contribution in [0.15, 0.2) is 164 Å². The minimum Gasteiger partial charge on any atom is -0.394 e. The van der Waals surface area contributed by atoms with Gasteiger partial charge in [0, 0.05) is 48.3 Å². The second kappa shape index (κ2) is 13.1. The van der Waals surface area contributed by atoms with Crippen LogP contribution in [0.2, 0.25) is 6.55 Å². The molecule has 6 rings (SSSR count). The molecule has 0 atom stereocenters. The van der Waals surface area contributed by atoms with Gasteiger partial charge in [-0.3, -0.25) is 0 Å². The van der Waals surface area contributed by atoms with Gasteiger partial charge >= 0.3 is 8.56 Å². The lowest BCUT2D eigenvalue weighted by Crippen LogP contribution is -2.49. The van der Waals surface area contributed by atoms with Gasteiger partial charge in [-0.2, -0.15) is 0 Å². The van der Waals surface area contributed by atoms with Crippen LogP contribution < -0.4 is 15.0 Å². The van der Waals surface area contributed by atoms with E-state index in [1.165, 1.54) is 0 Å². The predicted molar refractivity (Wildman–Crippen MR) is 187 cm³/mol. The number of hydrogen-bond acceptors (Lipinski definition) is 4. The van der Waals surface area contributed by atoms with E-state index in [1.54, 1.807) is 14.2 Å². The second-order valence-electron chi connectivity index (χ2n) is 10.7. The fourth-order valence-electron chi connectivity index (χ4n) is 5.51. The summed E-state index contributed by atoms with van der Waals surface area (Å²) in [4.78, 5) is 4.58. The Morgan fingerprint density at radius 1 is 0.386 bits per heavy atom. The quantitative estimate of drug-likeness (QED) is 0.148. The fraction of sp³-hybridized carbons (Fsp3) is 0.0769. The molecule has 0 aliphatic rings. The van der Waals surface area contributed by atoms with Crippen LogP contribution in [0.3, 0.4) is 0 Å². The highest BCUT2D eigenvalue weighted by Crippen LogP contribution is 2.39. The zero-order valence-electron chi connectivity index (χ0n) is 25.3. The second-order valence-corrected chi connectivity index (χ2v) is 14.0. The van der Waals surface area contributed by atoms with Crippen molar-refractivity contribution in [1.29, 1.82) is 0 Å². The summed E-state index contributed by atoms with van der Waals surface area (Å²) in [6.45, 7) is 2.06. The molecular weight excluding hydrogens is 557 g/mol. The highest BCUT2D eigenvalue weighted by molar-refractivity contribution is 6.79. The molecule has 6 aromatic rings. The van der Waals surface area contributed by atoms with Crippen molar-refractivity contribution in [1.82, 2.24) is 0 Å². The molecule has 0 N–H and O–H groups in total. The summed E-state index contributed by atoms with van der Waals surface area (Å²) in [6, 6.07) is 57.5. The van der Waals surface area contributed by atoms with E-state index in [9.17, 15) is 0 Å². The summed E-state index contributed by atoms with van der Waals surface area (Å²) in [6.07, 6.45) is 0. The average molecular weight is 593 g/mol. The first-order valence-electron chi connectivity index (χ1n) is 14.8. The summed E-state index contributed by atoms with van der Waals surface area (Å²) in [5.74, 6) is 0. The first-order valence-corrected chi connectivity index (χ1v) is 17.1. The van der Waals surface area contributed by atoms with Crippen LogP contribution in [-0.4, -0.2) is 22.8 Å². The molecule has 44 heavy (non-hydrogen) atoms. The molecule has 0 spiro atoms. The molecule has 218 valence electrons. The van der Waals surface area contributed by atoms with E-state index in [1.807, 2.05) is 6.07 Å². The lowest BCUT2D eigenvalue weighted by Gasteiger charge is -2.28. The van der Waals surface area contributed by atoms with Crippen molar-refractivity contribution >= 4 is 47.9 Å². The average Bonchev–Trinajstić information content (AvgIpc) is 3.10. The maximum absolute atomic E-state index is 5.79. The monoisotopic (exact) mass is 592 g/mol. The van der Waals surface area contributed by atoms with Gasteiger partial charge in [-0.25, -0.2) is 0 Å². The van der Waals surface area contributed by atoms with E-state index in [2.05, 4.69) is 174 Å². The number of para-hydroxylation sites is 3. The SMILES string of the molecule is CO[Si](C)(OC)c1ccc(N(c2ccccc2)c2cccc(-c3cccc(N(c4ccccc4)c4ccccc4)c3)c2)cc1. The molecule has 5 heteroatoms. The molecule has 6 aromatic carbocycles. The molecule has 0 fully saturated rings. The third kappa shape index (κ3) is 6.07. The third-order valence-corrected chi connectivity index (χ3v) is 11.0. The van der Waals surface area contributed by atoms with E-state index in [0.717, 1.165) is 50.4 Å². The van der Waals surface area contributed by atoms with Gasteiger partial charge in [-0.05, 0) is 95.7 Å². The zero-order chi connectivity index (χ0) is 30.4. The standard InChI is InChI=1S/C39H36N2O2Si/c1-42-44(3,43-2)39-27-25-36(26-28-39)41(35-21-11-6-12-22-35)38-24-14-16-32(30-38)31-15-13-23-37(29-31)40(33-17-7-4-8-18-33)34-19-9-5-10-20-34/h4-30H,1-3H3. The Bertz CT molecular complexity index is 1750. The zero-order valence-corrected chi connectivity index (χ0v) is 26.3. The summed E-state index contributed by atoms with van der Waals surface area (Å²) >= 11 is 0. The van der Waals surface area contributed by atoms with Crippen molar-refractivity contribution in [2.75, 3.05) is 24.0 Å². The number of rotatable bonds is 10. The van der Waals surface area contributed by atoms with E-state index in [-0.39, 0.29) is 0 Å². The molecule has 4 nitrogen and oxygen atoms in total. The Kier molecular flexibility index (Phi) is 8.71. The number of hydrogen-bond donors (Lipinski definition) is 0. The molecule has 0 aromatic heterocycles. The maximum atomic E-state index is 5.79. The van der Waals surface area contributed by atoms with Crippen molar-refractivity contribution in [3.8, 4) is 11.1 Å². The Balaban J connectivity index is 1.41. The lowest BCUT2D eigenvalue weighted by molar-refractivity contribution is 0.265. The Morgan fingerprint density at radius 3 is 1.09 bits per heavy atom. The molecule has 0 saturated heterocycles. The minimum absolute atomic E-state index is 1.06. The van der Waals surface area contributed by atoms with Gasteiger partial charge in [0.25, 0.3) is 0 Å². The number of nitrogens with zero attached hydrogens (tertiary/aromatic N) is 2. The van der Waals surface area contributed by atoms with Gasteiger partial charge < -0.3 is 18.7 Å². The number of benzene rings is 6. The van der Waals surface area contributed by atoms with Crippen molar-refractivity contribution in [3.63, 3.8) is 0 Å². The molecule has 0 saturated carbocycles. The predicted octanol–water partition coefficient (Wildman–Crippen LogP) is 9.86. The molecule has 0 radical (unpaired) electrons. The summed E-state index contributed by atoms with van der Waals surface area (Å²) in [5.41, 5.74) is 8.84. The van der Waals surface area contributed by atoms with E-state index < -0.39 is 8.56 Å². The molecule has 0 aliphatic carbocycles.